The SMILES string of the molecule is CC1NCCCC1OC(N)=O. The van der Waals surface area contributed by atoms with Crippen LogP contribution in [0.5, 0.6) is 0 Å². The Hall–Kier alpha value is -0.770. The molecule has 0 bridgehead atoms. The Balaban J connectivity index is 2.35. The minimum atomic E-state index is -0.675. The lowest BCUT2D eigenvalue weighted by atomic mass is 10.0. The topological polar surface area (TPSA) is 64.3 Å². The van der Waals surface area contributed by atoms with Crippen LogP contribution in [0.2, 0.25) is 0 Å². The molecule has 0 radical (unpaired) electrons. The van der Waals surface area contributed by atoms with Gasteiger partial charge in [-0.15, -0.1) is 0 Å². The van der Waals surface area contributed by atoms with Gasteiger partial charge in [0.25, 0.3) is 0 Å². The fraction of sp³-hybridized carbons (Fsp3) is 0.857. The monoisotopic (exact) mass is 158 g/mol. The van der Waals surface area contributed by atoms with Gasteiger partial charge < -0.3 is 15.8 Å². The highest BCUT2D eigenvalue weighted by Gasteiger charge is 2.23. The molecule has 0 aromatic rings. The molecule has 0 aromatic heterocycles. The minimum Gasteiger partial charge on any atom is -0.445 e. The molecule has 1 heterocycles. The number of nitrogens with two attached hydrogens (primary N) is 1. The normalized spacial score (nSPS) is 31.4. The predicted molar refractivity (Wildman–Crippen MR) is 41.2 cm³/mol. The summed E-state index contributed by atoms with van der Waals surface area (Å²) in [6, 6.07) is 0.233. The summed E-state index contributed by atoms with van der Waals surface area (Å²) < 4.78 is 4.88. The van der Waals surface area contributed by atoms with E-state index in [4.69, 9.17) is 10.5 Å². The quantitative estimate of drug-likeness (QED) is 0.574. The van der Waals surface area contributed by atoms with E-state index in [9.17, 15) is 4.79 Å². The average molecular weight is 158 g/mol. The van der Waals surface area contributed by atoms with E-state index in [2.05, 4.69) is 5.32 Å². The Bertz CT molecular complexity index is 149. The van der Waals surface area contributed by atoms with Gasteiger partial charge in [-0.3, -0.25) is 0 Å². The lowest BCUT2D eigenvalue weighted by Crippen LogP contribution is -2.45. The van der Waals surface area contributed by atoms with E-state index in [-0.39, 0.29) is 12.1 Å². The molecule has 1 fully saturated rings. The van der Waals surface area contributed by atoms with E-state index in [1.165, 1.54) is 0 Å². The first-order chi connectivity index (χ1) is 5.20. The first-order valence-electron chi connectivity index (χ1n) is 3.89. The van der Waals surface area contributed by atoms with Crippen LogP contribution in [0.15, 0.2) is 0 Å². The maximum Gasteiger partial charge on any atom is 0.404 e. The van der Waals surface area contributed by atoms with E-state index in [0.717, 1.165) is 19.4 Å². The van der Waals surface area contributed by atoms with Crippen molar-refractivity contribution >= 4 is 6.09 Å². The van der Waals surface area contributed by atoms with Crippen LogP contribution in [0, 0.1) is 0 Å². The molecule has 1 saturated heterocycles. The summed E-state index contributed by atoms with van der Waals surface area (Å²) in [6.45, 7) is 2.99. The molecule has 4 nitrogen and oxygen atoms in total. The van der Waals surface area contributed by atoms with Gasteiger partial charge >= 0.3 is 6.09 Å². The highest BCUT2D eigenvalue weighted by molar-refractivity contribution is 5.64. The molecule has 1 rings (SSSR count). The van der Waals surface area contributed by atoms with Crippen LogP contribution in [-0.2, 0) is 4.74 Å². The summed E-state index contributed by atoms with van der Waals surface area (Å²) in [5, 5.41) is 3.20. The summed E-state index contributed by atoms with van der Waals surface area (Å²) in [7, 11) is 0. The highest BCUT2D eigenvalue weighted by atomic mass is 16.6. The zero-order chi connectivity index (χ0) is 8.27. The van der Waals surface area contributed by atoms with Gasteiger partial charge in [0.05, 0.1) is 0 Å². The van der Waals surface area contributed by atoms with Crippen molar-refractivity contribution in [3.63, 3.8) is 0 Å². The Labute approximate surface area is 66.1 Å². The van der Waals surface area contributed by atoms with E-state index in [1.54, 1.807) is 0 Å². The number of ether oxygens (including phenoxy) is 1. The zero-order valence-corrected chi connectivity index (χ0v) is 6.67. The molecular formula is C7H14N2O2. The molecule has 0 saturated carbocycles. The maximum absolute atomic E-state index is 10.4. The van der Waals surface area contributed by atoms with Crippen LogP contribution in [0.1, 0.15) is 19.8 Å². The number of hydrogen-bond donors (Lipinski definition) is 2. The van der Waals surface area contributed by atoms with Crippen LogP contribution in [-0.4, -0.2) is 24.8 Å². The Morgan fingerprint density at radius 1 is 1.73 bits per heavy atom. The number of nitrogens with one attached hydrogen (secondary N) is 1. The third kappa shape index (κ3) is 2.38. The van der Waals surface area contributed by atoms with Crippen LogP contribution < -0.4 is 11.1 Å². The zero-order valence-electron chi connectivity index (χ0n) is 6.67. The fourth-order valence-corrected chi connectivity index (χ4v) is 1.32. The molecule has 11 heavy (non-hydrogen) atoms. The molecule has 1 aliphatic rings. The Kier molecular flexibility index (Phi) is 2.70. The van der Waals surface area contributed by atoms with E-state index >= 15 is 0 Å². The number of carbonyl (C=O) groups excluding carboxylic acids is 1. The minimum absolute atomic E-state index is 0.0405. The highest BCUT2D eigenvalue weighted by Crippen LogP contribution is 2.11. The van der Waals surface area contributed by atoms with Crippen molar-refractivity contribution in [1.29, 1.82) is 0 Å². The van der Waals surface area contributed by atoms with Gasteiger partial charge in [0.1, 0.15) is 6.10 Å². The second-order valence-corrected chi connectivity index (χ2v) is 2.86. The Morgan fingerprint density at radius 2 is 2.45 bits per heavy atom. The van der Waals surface area contributed by atoms with Crippen molar-refractivity contribution in [2.75, 3.05) is 6.54 Å². The summed E-state index contributed by atoms with van der Waals surface area (Å²) in [5.74, 6) is 0. The molecule has 1 amide bonds. The summed E-state index contributed by atoms with van der Waals surface area (Å²) >= 11 is 0. The van der Waals surface area contributed by atoms with Crippen molar-refractivity contribution in [1.82, 2.24) is 5.32 Å². The van der Waals surface area contributed by atoms with Crippen LogP contribution >= 0.6 is 0 Å². The standard InChI is InChI=1S/C7H14N2O2/c1-5-6(11-7(8)10)3-2-4-9-5/h5-6,9H,2-4H2,1H3,(H2,8,10). The van der Waals surface area contributed by atoms with Crippen molar-refractivity contribution in [3.05, 3.63) is 0 Å². The second-order valence-electron chi connectivity index (χ2n) is 2.86. The van der Waals surface area contributed by atoms with E-state index < -0.39 is 6.09 Å². The van der Waals surface area contributed by atoms with Gasteiger partial charge in [-0.05, 0) is 26.3 Å². The fourth-order valence-electron chi connectivity index (χ4n) is 1.32. The lowest BCUT2D eigenvalue weighted by Gasteiger charge is -2.28. The predicted octanol–water partition coefficient (Wildman–Crippen LogP) is 0.222. The lowest BCUT2D eigenvalue weighted by molar-refractivity contribution is 0.0668. The van der Waals surface area contributed by atoms with Gasteiger partial charge in [0.2, 0.25) is 0 Å². The largest absolute Gasteiger partial charge is 0.445 e. The van der Waals surface area contributed by atoms with Crippen molar-refractivity contribution < 1.29 is 9.53 Å². The van der Waals surface area contributed by atoms with Gasteiger partial charge in [0.15, 0.2) is 0 Å². The van der Waals surface area contributed by atoms with Crippen LogP contribution in [0.25, 0.3) is 0 Å². The smallest absolute Gasteiger partial charge is 0.404 e. The number of primary amides is 1. The van der Waals surface area contributed by atoms with Crippen molar-refractivity contribution in [2.45, 2.75) is 31.9 Å². The third-order valence-corrected chi connectivity index (χ3v) is 1.96. The first kappa shape index (κ1) is 8.33. The van der Waals surface area contributed by atoms with Gasteiger partial charge in [-0.1, -0.05) is 0 Å². The second kappa shape index (κ2) is 3.57. The summed E-state index contributed by atoms with van der Waals surface area (Å²) in [6.07, 6.45) is 1.24. The maximum atomic E-state index is 10.4. The molecule has 0 aliphatic carbocycles. The molecule has 1 aliphatic heterocycles. The molecule has 0 spiro atoms. The first-order valence-corrected chi connectivity index (χ1v) is 3.89. The summed E-state index contributed by atoms with van der Waals surface area (Å²) in [4.78, 5) is 10.4. The number of hydrogen-bond acceptors (Lipinski definition) is 3. The molecule has 2 atom stereocenters. The van der Waals surface area contributed by atoms with Crippen molar-refractivity contribution in [2.24, 2.45) is 5.73 Å². The number of carbonyl (C=O) groups is 1. The number of rotatable bonds is 1. The molecule has 0 aromatic carbocycles. The van der Waals surface area contributed by atoms with Crippen LogP contribution in [0.3, 0.4) is 0 Å². The molecule has 4 heteroatoms. The molecular weight excluding hydrogens is 144 g/mol. The van der Waals surface area contributed by atoms with Crippen LogP contribution in [0.4, 0.5) is 4.79 Å². The average Bonchev–Trinajstić information content (AvgIpc) is 1.93. The Morgan fingerprint density at radius 3 is 3.00 bits per heavy atom. The van der Waals surface area contributed by atoms with E-state index in [0.29, 0.717) is 0 Å². The van der Waals surface area contributed by atoms with Gasteiger partial charge in [0, 0.05) is 6.04 Å². The summed E-state index contributed by atoms with van der Waals surface area (Å²) in [5.41, 5.74) is 4.90. The molecule has 2 unspecified atom stereocenters. The van der Waals surface area contributed by atoms with E-state index in [1.807, 2.05) is 6.92 Å². The molecule has 64 valence electrons. The third-order valence-electron chi connectivity index (χ3n) is 1.96. The van der Waals surface area contributed by atoms with Crippen molar-refractivity contribution in [3.8, 4) is 0 Å². The number of amides is 1. The van der Waals surface area contributed by atoms with Gasteiger partial charge in [-0.25, -0.2) is 4.79 Å². The number of piperidine rings is 1. The van der Waals surface area contributed by atoms with Gasteiger partial charge in [-0.2, -0.15) is 0 Å². The molecule has 3 N–H and O–H groups in total.